The van der Waals surface area contributed by atoms with Crippen molar-refractivity contribution >= 4 is 22.6 Å². The van der Waals surface area contributed by atoms with Gasteiger partial charge in [0.25, 0.3) is 5.91 Å². The molecule has 3 aromatic rings. The first-order valence-corrected chi connectivity index (χ1v) is 10.1. The molecule has 7 nitrogen and oxygen atoms in total. The molecule has 156 valence electrons. The van der Waals surface area contributed by atoms with Gasteiger partial charge in [-0.1, -0.05) is 29.4 Å². The van der Waals surface area contributed by atoms with E-state index in [9.17, 15) is 9.59 Å². The van der Waals surface area contributed by atoms with Gasteiger partial charge in [-0.2, -0.15) is 0 Å². The molecule has 0 unspecified atom stereocenters. The lowest BCUT2D eigenvalue weighted by molar-refractivity contribution is -0.123. The first-order valence-electron chi connectivity index (χ1n) is 10.1. The summed E-state index contributed by atoms with van der Waals surface area (Å²) in [5, 5.41) is 5.93. The SMILES string of the molecule is Cc1noc(C)c1COc1cc2ccccc2cc1C(=O)N1CCC(C(N)=O)CC1. The minimum atomic E-state index is -0.295. The summed E-state index contributed by atoms with van der Waals surface area (Å²) in [4.78, 5) is 26.5. The number of hydrogen-bond acceptors (Lipinski definition) is 5. The van der Waals surface area contributed by atoms with Crippen molar-refractivity contribution in [1.29, 1.82) is 0 Å². The molecule has 0 radical (unpaired) electrons. The number of primary amides is 1. The molecule has 2 heterocycles. The van der Waals surface area contributed by atoms with Gasteiger partial charge < -0.3 is 19.9 Å². The largest absolute Gasteiger partial charge is 0.488 e. The molecule has 0 bridgehead atoms. The number of nitrogens with two attached hydrogens (primary N) is 1. The number of hydrogen-bond donors (Lipinski definition) is 1. The highest BCUT2D eigenvalue weighted by molar-refractivity contribution is 6.01. The molecule has 7 heteroatoms. The van der Waals surface area contributed by atoms with Crippen LogP contribution in [0.3, 0.4) is 0 Å². The zero-order chi connectivity index (χ0) is 21.3. The first-order chi connectivity index (χ1) is 14.4. The van der Waals surface area contributed by atoms with Crippen molar-refractivity contribution in [2.75, 3.05) is 13.1 Å². The maximum absolute atomic E-state index is 13.3. The Balaban J connectivity index is 1.63. The Kier molecular flexibility index (Phi) is 5.44. The van der Waals surface area contributed by atoms with Crippen LogP contribution in [0.2, 0.25) is 0 Å². The van der Waals surface area contributed by atoms with Gasteiger partial charge in [0.05, 0.1) is 16.8 Å². The maximum atomic E-state index is 13.3. The number of rotatable bonds is 5. The number of carbonyl (C=O) groups is 2. The standard InChI is InChI=1S/C23H25N3O4/c1-14-20(15(2)30-25-14)13-29-21-12-18-6-4-3-5-17(18)11-19(21)23(28)26-9-7-16(8-10-26)22(24)27/h3-6,11-12,16H,7-10,13H2,1-2H3,(H2,24,27). The zero-order valence-corrected chi connectivity index (χ0v) is 17.2. The Morgan fingerprint density at radius 2 is 1.83 bits per heavy atom. The highest BCUT2D eigenvalue weighted by Gasteiger charge is 2.28. The summed E-state index contributed by atoms with van der Waals surface area (Å²) in [6.07, 6.45) is 1.17. The highest BCUT2D eigenvalue weighted by atomic mass is 16.5. The fraction of sp³-hybridized carbons (Fsp3) is 0.348. The minimum absolute atomic E-state index is 0.0996. The van der Waals surface area contributed by atoms with Gasteiger partial charge in [-0.3, -0.25) is 9.59 Å². The first kappa shape index (κ1) is 19.9. The predicted molar refractivity (Wildman–Crippen MR) is 112 cm³/mol. The molecule has 0 aliphatic carbocycles. The van der Waals surface area contributed by atoms with E-state index in [1.54, 1.807) is 4.90 Å². The van der Waals surface area contributed by atoms with Crippen LogP contribution in [0.15, 0.2) is 40.9 Å². The average Bonchev–Trinajstić information content (AvgIpc) is 3.08. The lowest BCUT2D eigenvalue weighted by Gasteiger charge is -2.31. The summed E-state index contributed by atoms with van der Waals surface area (Å²) in [7, 11) is 0. The number of amides is 2. The molecule has 30 heavy (non-hydrogen) atoms. The second kappa shape index (κ2) is 8.18. The van der Waals surface area contributed by atoms with E-state index in [4.69, 9.17) is 15.0 Å². The van der Waals surface area contributed by atoms with Crippen LogP contribution >= 0.6 is 0 Å². The van der Waals surface area contributed by atoms with E-state index in [0.717, 1.165) is 22.0 Å². The lowest BCUT2D eigenvalue weighted by Crippen LogP contribution is -2.41. The van der Waals surface area contributed by atoms with Crippen LogP contribution in [-0.2, 0) is 11.4 Å². The normalized spacial score (nSPS) is 14.8. The van der Waals surface area contributed by atoms with E-state index in [1.807, 2.05) is 50.2 Å². The average molecular weight is 407 g/mol. The maximum Gasteiger partial charge on any atom is 0.257 e. The van der Waals surface area contributed by atoms with Gasteiger partial charge in [-0.15, -0.1) is 0 Å². The van der Waals surface area contributed by atoms with Crippen LogP contribution in [0.5, 0.6) is 5.75 Å². The van der Waals surface area contributed by atoms with Crippen LogP contribution in [0.1, 0.15) is 40.2 Å². The third kappa shape index (κ3) is 3.87. The Morgan fingerprint density at radius 3 is 2.43 bits per heavy atom. The fourth-order valence-corrected chi connectivity index (χ4v) is 3.90. The van der Waals surface area contributed by atoms with Gasteiger partial charge in [-0.05, 0) is 49.6 Å². The zero-order valence-electron chi connectivity index (χ0n) is 17.2. The quantitative estimate of drug-likeness (QED) is 0.699. The van der Waals surface area contributed by atoms with Gasteiger partial charge in [0.2, 0.25) is 5.91 Å². The van der Waals surface area contributed by atoms with E-state index in [1.165, 1.54) is 0 Å². The van der Waals surface area contributed by atoms with Crippen molar-refractivity contribution in [2.45, 2.75) is 33.3 Å². The third-order valence-corrected chi connectivity index (χ3v) is 5.82. The number of carbonyl (C=O) groups excluding carboxylic acids is 2. The van der Waals surface area contributed by atoms with Gasteiger partial charge in [0, 0.05) is 19.0 Å². The number of aromatic nitrogens is 1. The van der Waals surface area contributed by atoms with Gasteiger partial charge in [-0.25, -0.2) is 0 Å². The lowest BCUT2D eigenvalue weighted by atomic mass is 9.95. The molecule has 1 fully saturated rings. The number of nitrogens with zero attached hydrogens (tertiary/aromatic N) is 2. The number of fused-ring (bicyclic) bond motifs is 1. The highest BCUT2D eigenvalue weighted by Crippen LogP contribution is 2.30. The Labute approximate surface area is 174 Å². The van der Waals surface area contributed by atoms with Gasteiger partial charge >= 0.3 is 0 Å². The fourth-order valence-electron chi connectivity index (χ4n) is 3.90. The van der Waals surface area contributed by atoms with Gasteiger partial charge in [0.1, 0.15) is 18.1 Å². The van der Waals surface area contributed by atoms with Crippen LogP contribution in [-0.4, -0.2) is 35.0 Å². The summed E-state index contributed by atoms with van der Waals surface area (Å²) in [5.41, 5.74) is 7.58. The number of ether oxygens (including phenoxy) is 1. The molecule has 1 saturated heterocycles. The molecule has 4 rings (SSSR count). The molecule has 1 aromatic heterocycles. The molecule has 0 atom stereocenters. The van der Waals surface area contributed by atoms with E-state index in [-0.39, 0.29) is 24.3 Å². The number of likely N-dealkylation sites (tertiary alicyclic amines) is 1. The van der Waals surface area contributed by atoms with Crippen molar-refractivity contribution in [1.82, 2.24) is 10.1 Å². The van der Waals surface area contributed by atoms with Crippen molar-refractivity contribution in [3.63, 3.8) is 0 Å². The topological polar surface area (TPSA) is 98.7 Å². The molecule has 2 N–H and O–H groups in total. The van der Waals surface area contributed by atoms with E-state index < -0.39 is 0 Å². The van der Waals surface area contributed by atoms with Crippen molar-refractivity contribution in [2.24, 2.45) is 11.7 Å². The van der Waals surface area contributed by atoms with Crippen molar-refractivity contribution in [3.05, 3.63) is 59.0 Å². The van der Waals surface area contributed by atoms with Crippen LogP contribution in [0.25, 0.3) is 10.8 Å². The number of piperidine rings is 1. The molecule has 0 saturated carbocycles. The monoisotopic (exact) mass is 407 g/mol. The number of aryl methyl sites for hydroxylation is 2. The Bertz CT molecular complexity index is 1080. The summed E-state index contributed by atoms with van der Waals surface area (Å²) in [6, 6.07) is 11.6. The summed E-state index contributed by atoms with van der Waals surface area (Å²) >= 11 is 0. The number of benzene rings is 2. The molecular weight excluding hydrogens is 382 g/mol. The molecule has 1 aliphatic heterocycles. The molecule has 0 spiro atoms. The smallest absolute Gasteiger partial charge is 0.257 e. The second-order valence-electron chi connectivity index (χ2n) is 7.76. The predicted octanol–water partition coefficient (Wildman–Crippen LogP) is 3.36. The molecule has 1 aliphatic rings. The Morgan fingerprint density at radius 1 is 1.17 bits per heavy atom. The van der Waals surface area contributed by atoms with Crippen molar-refractivity contribution < 1.29 is 18.8 Å². The van der Waals surface area contributed by atoms with Crippen LogP contribution in [0, 0.1) is 19.8 Å². The van der Waals surface area contributed by atoms with Crippen LogP contribution in [0.4, 0.5) is 0 Å². The van der Waals surface area contributed by atoms with E-state index >= 15 is 0 Å². The van der Waals surface area contributed by atoms with E-state index in [0.29, 0.717) is 43.0 Å². The summed E-state index contributed by atoms with van der Waals surface area (Å²) < 4.78 is 11.3. The van der Waals surface area contributed by atoms with Crippen molar-refractivity contribution in [3.8, 4) is 5.75 Å². The van der Waals surface area contributed by atoms with Crippen LogP contribution < -0.4 is 10.5 Å². The van der Waals surface area contributed by atoms with E-state index in [2.05, 4.69) is 5.16 Å². The molecule has 2 amide bonds. The molecular formula is C23H25N3O4. The minimum Gasteiger partial charge on any atom is -0.488 e. The van der Waals surface area contributed by atoms with Gasteiger partial charge in [0.15, 0.2) is 0 Å². The third-order valence-electron chi connectivity index (χ3n) is 5.82. The summed E-state index contributed by atoms with van der Waals surface area (Å²) in [5.74, 6) is 0.667. The summed E-state index contributed by atoms with van der Waals surface area (Å²) in [6.45, 7) is 4.98. The Hall–Kier alpha value is -3.35. The molecule has 2 aromatic carbocycles. The second-order valence-corrected chi connectivity index (χ2v) is 7.76.